The molecule has 21 heteroatoms. The first kappa shape index (κ1) is 83.0. The molecule has 117 heavy (non-hydrogen) atoms. The lowest BCUT2D eigenvalue weighted by atomic mass is 9.85. The number of hydrogen-bond acceptors (Lipinski definition) is 17. The van der Waals surface area contributed by atoms with E-state index in [1.54, 1.807) is 12.1 Å². The van der Waals surface area contributed by atoms with Crippen LogP contribution < -0.4 is 5.32 Å². The topological polar surface area (TPSA) is 205 Å². The largest absolute Gasteiger partial charge is 0.447 e. The van der Waals surface area contributed by atoms with Gasteiger partial charge in [0, 0.05) is 5.69 Å². The van der Waals surface area contributed by atoms with Crippen molar-refractivity contribution in [2.45, 2.75) is 150 Å². The van der Waals surface area contributed by atoms with E-state index in [1.807, 2.05) is 243 Å². The van der Waals surface area contributed by atoms with E-state index in [2.05, 4.69) is 5.32 Å². The Kier molecular flexibility index (Phi) is 29.5. The highest BCUT2D eigenvalue weighted by molar-refractivity contribution is 7.91. The van der Waals surface area contributed by atoms with Gasteiger partial charge in [0.15, 0.2) is 16.1 Å². The fourth-order valence-electron chi connectivity index (χ4n) is 15.1. The number of nitrogens with zero attached hydrogens (tertiary/aromatic N) is 1. The Hall–Kier alpha value is -10.5. The van der Waals surface area contributed by atoms with Gasteiger partial charge in [-0.25, -0.2) is 26.9 Å². The second-order valence-corrected chi connectivity index (χ2v) is 31.6. The number of halogens is 2. The molecule has 0 radical (unpaired) electrons. The highest BCUT2D eigenvalue weighted by Crippen LogP contribution is 2.41. The second kappa shape index (κ2) is 41.6. The monoisotopic (exact) mass is 1600 g/mol. The first-order valence-corrected chi connectivity index (χ1v) is 41.3. The maximum absolute atomic E-state index is 16.0. The quantitative estimate of drug-likeness (QED) is 0.0367. The van der Waals surface area contributed by atoms with Gasteiger partial charge in [-0.2, -0.15) is 0 Å². The van der Waals surface area contributed by atoms with Gasteiger partial charge < -0.3 is 62.5 Å². The summed E-state index contributed by atoms with van der Waals surface area (Å²) < 4.78 is 139. The average Bonchev–Trinajstić information content (AvgIpc) is 1.02. The number of carbonyl (C=O) groups excluding carboxylic acids is 2. The third kappa shape index (κ3) is 23.0. The zero-order chi connectivity index (χ0) is 80.6. The van der Waals surface area contributed by atoms with Crippen LogP contribution in [0.4, 0.5) is 19.3 Å². The van der Waals surface area contributed by atoms with Crippen LogP contribution in [0.5, 0.6) is 0 Å². The highest BCUT2D eigenvalue weighted by atomic mass is 32.2. The van der Waals surface area contributed by atoms with Crippen LogP contribution in [-0.2, 0) is 119 Å². The normalized spacial score (nSPS) is 21.5. The Morgan fingerprint density at radius 3 is 1.26 bits per heavy atom. The van der Waals surface area contributed by atoms with E-state index < -0.39 is 125 Å². The Bertz CT molecular complexity index is 4940. The standard InChI is InChI=1S/C96H96F2N2O16S/c97-77-45-41-75(42-46-77)83(101)54-53-82(94(102)100-80(63-113-96(100)103)55-67-25-9-1-10-26-67)87(99-79-49-47-78(98)48-50-79)76-43-51-81(52-44-76)117(104,105)66-86-89(109-59-71-33-17-5-18-34-71)91(110-60-72-35-19-6-20-36-72)90(85(114-86)65-107-57-69-29-13-3-14-30-69)116-95-93(112-62-74-39-23-8-24-40-74)92(111-61-73-37-21-7-22-38-73)88(108-58-70-31-15-4-16-32-70)84(115-95)64-106-56-68-27-11-2-12-28-68/h1-52,80,82-93,95,99,101H,53-66H2/t80-,82+,83-,84?,85?,86?,87+,88+,89+,90+,91-,92+,93-,95?/m0/s1. The fourth-order valence-corrected chi connectivity index (χ4v) is 16.6. The summed E-state index contributed by atoms with van der Waals surface area (Å²) in [5.41, 5.74) is 8.03. The summed E-state index contributed by atoms with van der Waals surface area (Å²) in [4.78, 5) is 30.6. The minimum absolute atomic E-state index is 0.00282. The van der Waals surface area contributed by atoms with E-state index in [-0.39, 0.29) is 90.2 Å². The molecule has 3 saturated heterocycles. The van der Waals surface area contributed by atoms with Crippen LogP contribution in [0, 0.1) is 17.6 Å². The highest BCUT2D eigenvalue weighted by Gasteiger charge is 2.55. The summed E-state index contributed by atoms with van der Waals surface area (Å²) in [6, 6.07) is 92.5. The molecule has 3 heterocycles. The molecule has 2 N–H and O–H groups in total. The van der Waals surface area contributed by atoms with Gasteiger partial charge in [-0.15, -0.1) is 0 Å². The van der Waals surface area contributed by atoms with Crippen LogP contribution in [-0.4, -0.2) is 123 Å². The van der Waals surface area contributed by atoms with Gasteiger partial charge in [0.2, 0.25) is 5.91 Å². The molecule has 11 aromatic rings. The Morgan fingerprint density at radius 1 is 0.427 bits per heavy atom. The van der Waals surface area contributed by atoms with Crippen molar-refractivity contribution in [2.24, 2.45) is 5.92 Å². The lowest BCUT2D eigenvalue weighted by Gasteiger charge is -2.50. The molecule has 3 fully saturated rings. The fraction of sp³-hybridized carbons (Fsp3) is 0.292. The molecule has 0 saturated carbocycles. The van der Waals surface area contributed by atoms with E-state index in [9.17, 15) is 18.7 Å². The van der Waals surface area contributed by atoms with Crippen molar-refractivity contribution in [3.05, 3.63) is 383 Å². The second-order valence-electron chi connectivity index (χ2n) is 29.5. The predicted octanol–water partition coefficient (Wildman–Crippen LogP) is 16.8. The van der Waals surface area contributed by atoms with Crippen molar-refractivity contribution in [3.8, 4) is 0 Å². The third-order valence-corrected chi connectivity index (χ3v) is 23.0. The summed E-state index contributed by atoms with van der Waals surface area (Å²) in [6.07, 6.45) is -13.1. The molecule has 14 rings (SSSR count). The summed E-state index contributed by atoms with van der Waals surface area (Å²) in [6.45, 7) is 0.467. The van der Waals surface area contributed by atoms with Crippen LogP contribution in [0.2, 0.25) is 0 Å². The molecule has 4 unspecified atom stereocenters. The molecule has 11 aromatic carbocycles. The number of sulfone groups is 1. The predicted molar refractivity (Wildman–Crippen MR) is 437 cm³/mol. The van der Waals surface area contributed by atoms with Crippen molar-refractivity contribution in [1.82, 2.24) is 4.90 Å². The smallest absolute Gasteiger partial charge is 0.416 e. The summed E-state index contributed by atoms with van der Waals surface area (Å²) in [5.74, 6) is -3.54. The number of benzene rings is 11. The van der Waals surface area contributed by atoms with Crippen molar-refractivity contribution in [3.63, 3.8) is 0 Å². The van der Waals surface area contributed by atoms with Crippen molar-refractivity contribution < 1.29 is 84.0 Å². The number of aliphatic hydroxyl groups excluding tert-OH is 1. The molecule has 3 aliphatic heterocycles. The minimum Gasteiger partial charge on any atom is -0.447 e. The minimum atomic E-state index is -4.49. The molecule has 0 bridgehead atoms. The summed E-state index contributed by atoms with van der Waals surface area (Å²) >= 11 is 0. The van der Waals surface area contributed by atoms with Crippen molar-refractivity contribution >= 4 is 27.5 Å². The number of imide groups is 1. The SMILES string of the molecule is O=C1OC[C@H](Cc2ccccc2)N1C(=O)[C@H](CC[C@H](O)c1ccc(F)cc1)[C@H](Nc1ccc(F)cc1)c1ccc(S(=O)(=O)CC2OC(COCc3ccccc3)[C@@H](OC3OC(COCc4ccccc4)[C@@H](OCc4ccccc4)[C@@H](OCc4ccccc4)[C@@H]3OCc3ccccc3)[C@@H](OCc3ccccc3)[C@@H]2OCc2ccccc2)cc1. The summed E-state index contributed by atoms with van der Waals surface area (Å²) in [5, 5.41) is 15.2. The van der Waals surface area contributed by atoms with Crippen LogP contribution >= 0.6 is 0 Å². The van der Waals surface area contributed by atoms with Gasteiger partial charge in [0.25, 0.3) is 0 Å². The van der Waals surface area contributed by atoms with E-state index in [1.165, 1.54) is 60.7 Å². The van der Waals surface area contributed by atoms with Crippen molar-refractivity contribution in [2.75, 3.05) is 30.9 Å². The first-order valence-electron chi connectivity index (χ1n) is 39.6. The molecular weight excluding hydrogens is 1510 g/mol. The number of aliphatic hydroxyl groups is 1. The average molecular weight is 1600 g/mol. The number of ether oxygens (including phenoxy) is 11. The van der Waals surface area contributed by atoms with Crippen LogP contribution in [0.1, 0.15) is 80.6 Å². The molecule has 606 valence electrons. The summed E-state index contributed by atoms with van der Waals surface area (Å²) in [7, 11) is -4.49. The van der Waals surface area contributed by atoms with Gasteiger partial charge in [-0.3, -0.25) is 4.79 Å². The number of cyclic esters (lactones) is 1. The molecular formula is C96H96F2N2O16S. The molecule has 14 atom stereocenters. The number of hydrogen-bond donors (Lipinski definition) is 2. The number of nitrogens with one attached hydrogen (secondary N) is 1. The zero-order valence-electron chi connectivity index (χ0n) is 64.7. The molecule has 2 amide bonds. The maximum atomic E-state index is 16.0. The lowest BCUT2D eigenvalue weighted by Crippen LogP contribution is -2.66. The van der Waals surface area contributed by atoms with Gasteiger partial charge in [0.1, 0.15) is 73.2 Å². The van der Waals surface area contributed by atoms with Crippen LogP contribution in [0.15, 0.2) is 320 Å². The van der Waals surface area contributed by atoms with Gasteiger partial charge in [-0.1, -0.05) is 267 Å². The number of carbonyl (C=O) groups is 2. The van der Waals surface area contributed by atoms with E-state index >= 15 is 13.2 Å². The number of anilines is 1. The molecule has 0 spiro atoms. The van der Waals surface area contributed by atoms with E-state index in [0.29, 0.717) is 16.8 Å². The van der Waals surface area contributed by atoms with E-state index in [4.69, 9.17) is 52.1 Å². The number of rotatable bonds is 39. The molecule has 18 nitrogen and oxygen atoms in total. The van der Waals surface area contributed by atoms with Crippen LogP contribution in [0.25, 0.3) is 0 Å². The zero-order valence-corrected chi connectivity index (χ0v) is 65.5. The molecule has 0 aliphatic carbocycles. The third-order valence-electron chi connectivity index (χ3n) is 21.2. The van der Waals surface area contributed by atoms with Crippen molar-refractivity contribution in [1.29, 1.82) is 0 Å². The van der Waals surface area contributed by atoms with Gasteiger partial charge >= 0.3 is 6.09 Å². The Labute approximate surface area is 682 Å². The van der Waals surface area contributed by atoms with Gasteiger partial charge in [0.05, 0.1) is 94.2 Å². The lowest BCUT2D eigenvalue weighted by molar-refractivity contribution is -0.362. The van der Waals surface area contributed by atoms with Crippen LogP contribution in [0.3, 0.4) is 0 Å². The Morgan fingerprint density at radius 2 is 0.803 bits per heavy atom. The number of amides is 2. The maximum Gasteiger partial charge on any atom is 0.416 e. The first-order chi connectivity index (χ1) is 57.3. The van der Waals surface area contributed by atoms with E-state index in [0.717, 1.165) is 49.4 Å². The molecule has 0 aromatic heterocycles. The van der Waals surface area contributed by atoms with Gasteiger partial charge in [-0.05, 0) is 123 Å². The Balaban J connectivity index is 0.847. The molecule has 3 aliphatic rings.